The number of likely N-dealkylation sites (N-methyl/N-ethyl adjacent to an activating group) is 1. The van der Waals surface area contributed by atoms with Crippen LogP contribution in [-0.4, -0.2) is 58.5 Å². The van der Waals surface area contributed by atoms with E-state index >= 15 is 4.39 Å². The van der Waals surface area contributed by atoms with Crippen molar-refractivity contribution in [3.8, 4) is 5.75 Å². The number of amides is 2. The summed E-state index contributed by atoms with van der Waals surface area (Å²) >= 11 is 0. The number of likely N-dealkylation sites (tertiary alicyclic amines) is 1. The average Bonchev–Trinajstić information content (AvgIpc) is 2.91. The van der Waals surface area contributed by atoms with E-state index in [-0.39, 0.29) is 41.0 Å². The van der Waals surface area contributed by atoms with Crippen molar-refractivity contribution in [1.82, 2.24) is 15.1 Å². The molecule has 42 heavy (non-hydrogen) atoms. The highest BCUT2D eigenvalue weighted by molar-refractivity contribution is 5.83. The van der Waals surface area contributed by atoms with Crippen molar-refractivity contribution in [2.24, 2.45) is 10.8 Å². The van der Waals surface area contributed by atoms with Crippen molar-refractivity contribution in [3.05, 3.63) is 77.1 Å². The maximum Gasteiger partial charge on any atom is 0.256 e. The topological polar surface area (TPSA) is 102 Å². The number of halogens is 1. The minimum Gasteiger partial charge on any atom is -0.488 e. The molecule has 2 aromatic rings. The number of benzene rings is 2. The van der Waals surface area contributed by atoms with Gasteiger partial charge in [-0.1, -0.05) is 58.0 Å². The van der Waals surface area contributed by atoms with Crippen LogP contribution in [0.5, 0.6) is 5.75 Å². The lowest BCUT2D eigenvalue weighted by Crippen LogP contribution is -2.57. The summed E-state index contributed by atoms with van der Waals surface area (Å²) in [4.78, 5) is 27.6. The monoisotopic (exact) mass is 583 g/mol. The van der Waals surface area contributed by atoms with Crippen LogP contribution in [0.4, 0.5) is 4.39 Å². The second-order valence-electron chi connectivity index (χ2n) is 12.9. The highest BCUT2D eigenvalue weighted by Gasteiger charge is 2.46. The first-order valence-corrected chi connectivity index (χ1v) is 14.4. The summed E-state index contributed by atoms with van der Waals surface area (Å²) < 4.78 is 22.0. The van der Waals surface area contributed by atoms with Gasteiger partial charge in [-0.25, -0.2) is 9.29 Å². The molecule has 1 atom stereocenters. The maximum atomic E-state index is 15.9. The van der Waals surface area contributed by atoms with Gasteiger partial charge in [-0.15, -0.1) is 6.58 Å². The fourth-order valence-corrected chi connectivity index (χ4v) is 6.30. The van der Waals surface area contributed by atoms with E-state index in [4.69, 9.17) is 4.74 Å². The summed E-state index contributed by atoms with van der Waals surface area (Å²) in [6, 6.07) is 9.21. The molecule has 9 heteroatoms. The van der Waals surface area contributed by atoms with E-state index in [1.165, 1.54) is 22.9 Å². The second-order valence-corrected chi connectivity index (χ2v) is 12.9. The molecule has 0 spiro atoms. The molecule has 0 radical (unpaired) electrons. The lowest BCUT2D eigenvalue weighted by molar-refractivity contribution is -0.297. The number of ether oxygens (including phenoxy) is 1. The molecule has 0 aliphatic carbocycles. The predicted molar refractivity (Wildman–Crippen MR) is 161 cm³/mol. The van der Waals surface area contributed by atoms with Crippen molar-refractivity contribution >= 4 is 12.3 Å². The molecule has 3 rings (SSSR count). The first-order valence-electron chi connectivity index (χ1n) is 14.4. The Labute approximate surface area is 249 Å². The van der Waals surface area contributed by atoms with Crippen LogP contribution in [0.15, 0.2) is 49.1 Å². The van der Waals surface area contributed by atoms with Gasteiger partial charge in [0.25, 0.3) is 5.91 Å². The predicted octanol–water partition coefficient (Wildman–Crippen LogP) is 4.61. The zero-order valence-electron chi connectivity index (χ0n) is 25.7. The molecule has 0 saturated carbocycles. The molecular weight excluding hydrogens is 537 g/mol. The Hall–Kier alpha value is -3.27. The summed E-state index contributed by atoms with van der Waals surface area (Å²) in [5, 5.41) is 25.2. The Morgan fingerprint density at radius 3 is 2.43 bits per heavy atom. The van der Waals surface area contributed by atoms with E-state index in [1.54, 1.807) is 30.3 Å². The van der Waals surface area contributed by atoms with Crippen LogP contribution in [0.25, 0.3) is 0 Å². The minimum absolute atomic E-state index is 0.111. The maximum absolute atomic E-state index is 15.9. The van der Waals surface area contributed by atoms with Crippen molar-refractivity contribution < 1.29 is 28.9 Å². The summed E-state index contributed by atoms with van der Waals surface area (Å²) in [7, 11) is 1.53. The molecule has 2 aromatic carbocycles. The number of carbonyl (C=O) groups excluding carboxylic acids is 2. The number of carbonyl (C=O) groups is 2. The Morgan fingerprint density at radius 1 is 1.19 bits per heavy atom. The molecule has 8 nitrogen and oxygen atoms in total. The van der Waals surface area contributed by atoms with E-state index < -0.39 is 17.8 Å². The molecule has 230 valence electrons. The number of aryl methyl sites for hydroxylation is 1. The van der Waals surface area contributed by atoms with Gasteiger partial charge >= 0.3 is 0 Å². The summed E-state index contributed by atoms with van der Waals surface area (Å²) in [5.74, 6) is -3.11. The van der Waals surface area contributed by atoms with Crippen LogP contribution in [0.1, 0.15) is 69.2 Å². The Kier molecular flexibility index (Phi) is 10.6. The number of hydrogen-bond acceptors (Lipinski definition) is 6. The molecule has 1 aliphatic heterocycles. The third-order valence-corrected chi connectivity index (χ3v) is 7.90. The first kappa shape index (κ1) is 33.2. The Morgan fingerprint density at radius 2 is 1.83 bits per heavy atom. The minimum atomic E-state index is -2.51. The van der Waals surface area contributed by atoms with Crippen LogP contribution in [0.3, 0.4) is 0 Å². The summed E-state index contributed by atoms with van der Waals surface area (Å²) in [6.45, 7) is 14.6. The molecule has 1 saturated heterocycles. The smallest absolute Gasteiger partial charge is 0.256 e. The molecule has 1 aliphatic rings. The van der Waals surface area contributed by atoms with Gasteiger partial charge in [0.1, 0.15) is 24.2 Å². The van der Waals surface area contributed by atoms with Gasteiger partial charge in [0.2, 0.25) is 12.3 Å². The zero-order chi connectivity index (χ0) is 31.3. The highest BCUT2D eigenvalue weighted by atomic mass is 19.1. The van der Waals surface area contributed by atoms with Gasteiger partial charge in [-0.05, 0) is 54.7 Å². The molecule has 2 amide bonds. The van der Waals surface area contributed by atoms with Crippen LogP contribution in [0, 0.1) is 23.6 Å². The number of rotatable bonds is 13. The van der Waals surface area contributed by atoms with E-state index in [0.29, 0.717) is 43.7 Å². The number of hydrogen-bond donors (Lipinski definition) is 3. The highest BCUT2D eigenvalue weighted by Crippen LogP contribution is 2.43. The number of aliphatic hydroxyl groups is 2. The Bertz CT molecular complexity index is 1260. The third kappa shape index (κ3) is 7.76. The number of piperidine rings is 1. The van der Waals surface area contributed by atoms with E-state index in [2.05, 4.69) is 39.6 Å². The molecule has 0 bridgehead atoms. The molecule has 3 N–H and O–H groups in total. The summed E-state index contributed by atoms with van der Waals surface area (Å²) in [6.07, 6.45) is 4.22. The largest absolute Gasteiger partial charge is 0.488 e. The molecule has 1 fully saturated rings. The van der Waals surface area contributed by atoms with Gasteiger partial charge in [-0.3, -0.25) is 9.59 Å². The molecule has 0 aromatic heterocycles. The lowest BCUT2D eigenvalue weighted by Gasteiger charge is -2.50. The van der Waals surface area contributed by atoms with Crippen LogP contribution >= 0.6 is 0 Å². The molecule has 1 heterocycles. The fourth-order valence-electron chi connectivity index (χ4n) is 6.30. The van der Waals surface area contributed by atoms with E-state index in [0.717, 1.165) is 12.0 Å². The quantitative estimate of drug-likeness (QED) is 0.181. The van der Waals surface area contributed by atoms with Crippen molar-refractivity contribution in [2.45, 2.75) is 79.0 Å². The summed E-state index contributed by atoms with van der Waals surface area (Å²) in [5.41, 5.74) is 1.08. The van der Waals surface area contributed by atoms with E-state index in [9.17, 15) is 19.8 Å². The number of allylic oxidation sites excluding steroid dienone is 1. The van der Waals surface area contributed by atoms with Gasteiger partial charge < -0.3 is 25.2 Å². The standard InChI is InChI=1S/C33H46FN3O5/c1-8-9-15-27(30(39)35-7)36(22-38)17-25-23(2)12-10-16-28(25)42-18-24-13-11-14-26(29(24)34)33(40,41)37-20-31(3,4)19-32(5,6)21-37/h8,10-14,16,22,27,40-41H,1,9,15,17-21H2,2-7H3,(H,35,39). The zero-order valence-corrected chi connectivity index (χ0v) is 25.7. The van der Waals surface area contributed by atoms with Gasteiger partial charge in [0, 0.05) is 31.3 Å². The van der Waals surface area contributed by atoms with Crippen LogP contribution in [-0.2, 0) is 28.7 Å². The van der Waals surface area contributed by atoms with Crippen molar-refractivity contribution in [1.29, 1.82) is 0 Å². The van der Waals surface area contributed by atoms with Crippen molar-refractivity contribution in [3.63, 3.8) is 0 Å². The van der Waals surface area contributed by atoms with Crippen LogP contribution in [0.2, 0.25) is 0 Å². The SMILES string of the molecule is C=CCCC(C(=O)NC)N(C=O)Cc1c(C)cccc1OCc1cccc(C(O)(O)N2CC(C)(C)CC(C)(C)C2)c1F. The molecular formula is C33H46FN3O5. The number of nitrogens with one attached hydrogen (secondary N) is 1. The van der Waals surface area contributed by atoms with Gasteiger partial charge in [0.15, 0.2) is 0 Å². The Balaban J connectivity index is 1.87. The van der Waals surface area contributed by atoms with Crippen LogP contribution < -0.4 is 10.1 Å². The normalized spacial score (nSPS) is 17.3. The third-order valence-electron chi connectivity index (χ3n) is 7.90. The molecule has 1 unspecified atom stereocenters. The van der Waals surface area contributed by atoms with E-state index in [1.807, 2.05) is 13.0 Å². The number of nitrogens with zero attached hydrogens (tertiary/aromatic N) is 2. The fraction of sp³-hybridized carbons (Fsp3) is 0.515. The lowest BCUT2D eigenvalue weighted by atomic mass is 9.71. The van der Waals surface area contributed by atoms with Crippen molar-refractivity contribution in [2.75, 3.05) is 20.1 Å². The van der Waals surface area contributed by atoms with Gasteiger partial charge in [-0.2, -0.15) is 0 Å². The average molecular weight is 584 g/mol. The second kappa shape index (κ2) is 13.4. The first-order chi connectivity index (χ1) is 19.7. The van der Waals surface area contributed by atoms with Gasteiger partial charge in [0.05, 0.1) is 12.1 Å².